The highest BCUT2D eigenvalue weighted by molar-refractivity contribution is 6.11. The monoisotopic (exact) mass is 907 g/mol. The second kappa shape index (κ2) is 16.4. The Balaban J connectivity index is 1.41. The highest BCUT2D eigenvalue weighted by atomic mass is 19.4. The average molecular weight is 908 g/mol. The summed E-state index contributed by atoms with van der Waals surface area (Å²) in [7, 11) is 0. The second-order valence-electron chi connectivity index (χ2n) is 15.6. The molecule has 10 aromatic rings. The van der Waals surface area contributed by atoms with Crippen molar-refractivity contribution >= 4 is 21.8 Å². The first kappa shape index (κ1) is 42.8. The van der Waals surface area contributed by atoms with Crippen LogP contribution in [-0.2, 0) is 18.5 Å². The lowest BCUT2D eigenvalue weighted by molar-refractivity contribution is -0.138. The second-order valence-corrected chi connectivity index (χ2v) is 15.6. The Bertz CT molecular complexity index is 3130. The highest BCUT2D eigenvalue weighted by Gasteiger charge is 2.37. The molecule has 0 unspecified atom stereocenters. The Morgan fingerprint density at radius 3 is 0.985 bits per heavy atom. The fraction of sp³-hybridized carbons (Fsp3) is 0.0566. The topological polar surface area (TPSA) is 56.5 Å². The van der Waals surface area contributed by atoms with E-state index in [0.717, 1.165) is 48.5 Å². The first-order chi connectivity index (χ1) is 32.1. The van der Waals surface area contributed by atoms with E-state index in [0.29, 0.717) is 33.6 Å². The molecule has 0 fully saturated rings. The molecule has 0 bridgehead atoms. The number of hydrogen-bond acceptors (Lipinski definition) is 4. The summed E-state index contributed by atoms with van der Waals surface area (Å²) in [6.07, 6.45) is -14.8. The summed E-state index contributed by atoms with van der Waals surface area (Å²) in [5, 5.41) is -0.467. The molecular weight excluding hydrogens is 878 g/mol. The SMILES string of the molecule is FC(F)(F)c1cc(-c2cc(-c3ccccc3)nc(-c3ccccc3)n2)c(-n2c3ccc(C(F)(F)F)cc3c3cc(C(F)(F)F)ccc32)c(-c2cc(-c3ccccc3)nc(-c3ccccc3)n2)c1. The molecule has 7 aromatic carbocycles. The van der Waals surface area contributed by atoms with Crippen LogP contribution in [0, 0.1) is 0 Å². The van der Waals surface area contributed by atoms with E-state index in [4.69, 9.17) is 19.9 Å². The van der Waals surface area contributed by atoms with Gasteiger partial charge in [-0.3, -0.25) is 0 Å². The van der Waals surface area contributed by atoms with Gasteiger partial charge in [0.15, 0.2) is 11.6 Å². The van der Waals surface area contributed by atoms with Crippen molar-refractivity contribution in [2.75, 3.05) is 0 Å². The van der Waals surface area contributed by atoms with Crippen molar-refractivity contribution in [3.8, 4) is 73.5 Å². The van der Waals surface area contributed by atoms with Gasteiger partial charge in [-0.25, -0.2) is 19.9 Å². The Morgan fingerprint density at radius 1 is 0.313 bits per heavy atom. The van der Waals surface area contributed by atoms with Gasteiger partial charge in [-0.15, -0.1) is 0 Å². The van der Waals surface area contributed by atoms with Gasteiger partial charge in [0.2, 0.25) is 0 Å². The molecule has 10 rings (SSSR count). The molecule has 0 aliphatic rings. The van der Waals surface area contributed by atoms with Crippen LogP contribution in [0.25, 0.3) is 95.3 Å². The maximum absolute atomic E-state index is 15.6. The van der Waals surface area contributed by atoms with Crippen LogP contribution in [0.3, 0.4) is 0 Å². The lowest BCUT2D eigenvalue weighted by atomic mass is 9.95. The van der Waals surface area contributed by atoms with Crippen molar-refractivity contribution in [1.29, 1.82) is 0 Å². The van der Waals surface area contributed by atoms with Gasteiger partial charge in [-0.2, -0.15) is 39.5 Å². The number of halogens is 9. The minimum atomic E-state index is -5.00. The molecule has 67 heavy (non-hydrogen) atoms. The molecule has 0 aliphatic heterocycles. The number of benzene rings is 7. The third-order valence-corrected chi connectivity index (χ3v) is 11.3. The molecule has 5 nitrogen and oxygen atoms in total. The van der Waals surface area contributed by atoms with E-state index in [1.165, 1.54) is 16.7 Å². The molecule has 0 N–H and O–H groups in total. The van der Waals surface area contributed by atoms with Crippen molar-refractivity contribution in [3.05, 3.63) is 199 Å². The molecule has 14 heteroatoms. The standard InChI is InChI=1S/C53H30F9N5/c54-51(55,56)35-21-23-46-38(25-35)39-26-36(52(57,58)59)22-24-47(39)67(46)48-40(44-29-42(31-13-5-1-6-14-31)63-49(65-44)33-17-9-3-10-18-33)27-37(53(60,61)62)28-41(48)45-30-43(32-15-7-2-8-16-32)64-50(66-45)34-19-11-4-12-20-34/h1-30H. The molecule has 0 atom stereocenters. The van der Waals surface area contributed by atoms with Crippen molar-refractivity contribution < 1.29 is 39.5 Å². The van der Waals surface area contributed by atoms with Crippen LogP contribution < -0.4 is 0 Å². The zero-order chi connectivity index (χ0) is 46.7. The lowest BCUT2D eigenvalue weighted by Gasteiger charge is -2.22. The molecule has 3 aromatic heterocycles. The van der Waals surface area contributed by atoms with E-state index >= 15 is 13.2 Å². The summed E-state index contributed by atoms with van der Waals surface area (Å²) in [5.74, 6) is 0.266. The number of nitrogens with zero attached hydrogens (tertiary/aromatic N) is 5. The first-order valence-corrected chi connectivity index (χ1v) is 20.6. The van der Waals surface area contributed by atoms with Gasteiger partial charge in [0.25, 0.3) is 0 Å². The molecule has 0 radical (unpaired) electrons. The molecule has 0 aliphatic carbocycles. The number of alkyl halides is 9. The zero-order valence-corrected chi connectivity index (χ0v) is 34.5. The summed E-state index contributed by atoms with van der Waals surface area (Å²) < 4.78 is 135. The maximum Gasteiger partial charge on any atom is 0.416 e. The predicted molar refractivity (Wildman–Crippen MR) is 240 cm³/mol. The van der Waals surface area contributed by atoms with Crippen molar-refractivity contribution in [2.24, 2.45) is 0 Å². The molecule has 3 heterocycles. The van der Waals surface area contributed by atoms with Crippen molar-refractivity contribution in [3.63, 3.8) is 0 Å². The third-order valence-electron chi connectivity index (χ3n) is 11.3. The van der Waals surface area contributed by atoms with E-state index < -0.39 is 35.2 Å². The van der Waals surface area contributed by atoms with Crippen LogP contribution in [0.15, 0.2) is 182 Å². The molecule has 330 valence electrons. The van der Waals surface area contributed by atoms with Gasteiger partial charge in [-0.1, -0.05) is 121 Å². The number of aromatic nitrogens is 5. The van der Waals surface area contributed by atoms with Crippen LogP contribution in [0.2, 0.25) is 0 Å². The fourth-order valence-electron chi connectivity index (χ4n) is 8.16. The summed E-state index contributed by atoms with van der Waals surface area (Å²) in [5.41, 5.74) is -1.15. The molecular formula is C53H30F9N5. The van der Waals surface area contributed by atoms with Gasteiger partial charge in [-0.05, 0) is 60.7 Å². The lowest BCUT2D eigenvalue weighted by Crippen LogP contribution is -2.10. The Morgan fingerprint density at radius 2 is 0.642 bits per heavy atom. The normalized spacial score (nSPS) is 12.3. The quantitative estimate of drug-likeness (QED) is 0.150. The summed E-state index contributed by atoms with van der Waals surface area (Å²) in [6, 6.07) is 45.2. The number of hydrogen-bond donors (Lipinski definition) is 0. The minimum absolute atomic E-state index is 0.0363. The molecule has 0 saturated carbocycles. The van der Waals surface area contributed by atoms with Crippen molar-refractivity contribution in [2.45, 2.75) is 18.5 Å². The summed E-state index contributed by atoms with van der Waals surface area (Å²) >= 11 is 0. The summed E-state index contributed by atoms with van der Waals surface area (Å²) in [6.45, 7) is 0. The summed E-state index contributed by atoms with van der Waals surface area (Å²) in [4.78, 5) is 19.4. The van der Waals surface area contributed by atoms with Crippen LogP contribution in [0.5, 0.6) is 0 Å². The molecule has 0 saturated heterocycles. The highest BCUT2D eigenvalue weighted by Crippen LogP contribution is 2.47. The van der Waals surface area contributed by atoms with E-state index in [-0.39, 0.29) is 61.7 Å². The van der Waals surface area contributed by atoms with E-state index in [2.05, 4.69) is 0 Å². The zero-order valence-electron chi connectivity index (χ0n) is 34.5. The Labute approximate surface area is 375 Å². The van der Waals surface area contributed by atoms with Gasteiger partial charge >= 0.3 is 18.5 Å². The number of fused-ring (bicyclic) bond motifs is 3. The Hall–Kier alpha value is -8.13. The molecule has 0 amide bonds. The largest absolute Gasteiger partial charge is 0.416 e. The van der Waals surface area contributed by atoms with Crippen LogP contribution in [0.1, 0.15) is 16.7 Å². The maximum atomic E-state index is 15.6. The molecule has 0 spiro atoms. The van der Waals surface area contributed by atoms with Gasteiger partial charge in [0.1, 0.15) is 0 Å². The van der Waals surface area contributed by atoms with Crippen LogP contribution >= 0.6 is 0 Å². The van der Waals surface area contributed by atoms with Gasteiger partial charge in [0.05, 0.1) is 56.2 Å². The third kappa shape index (κ3) is 8.26. The van der Waals surface area contributed by atoms with Crippen LogP contribution in [0.4, 0.5) is 39.5 Å². The number of rotatable bonds is 7. The van der Waals surface area contributed by atoms with E-state index in [1.54, 1.807) is 121 Å². The van der Waals surface area contributed by atoms with Gasteiger partial charge < -0.3 is 4.57 Å². The first-order valence-electron chi connectivity index (χ1n) is 20.6. The minimum Gasteiger partial charge on any atom is -0.308 e. The van der Waals surface area contributed by atoms with Crippen molar-refractivity contribution in [1.82, 2.24) is 24.5 Å². The van der Waals surface area contributed by atoms with Gasteiger partial charge in [0, 0.05) is 44.2 Å². The predicted octanol–water partition coefficient (Wildman–Crippen LogP) is 15.4. The Kier molecular flexibility index (Phi) is 10.5. The average Bonchev–Trinajstić information content (AvgIpc) is 3.66. The fourth-order valence-corrected chi connectivity index (χ4v) is 8.16. The van der Waals surface area contributed by atoms with E-state index in [1.807, 2.05) is 0 Å². The van der Waals surface area contributed by atoms with Crippen LogP contribution in [-0.4, -0.2) is 24.5 Å². The smallest absolute Gasteiger partial charge is 0.308 e. The van der Waals surface area contributed by atoms with E-state index in [9.17, 15) is 26.3 Å².